The van der Waals surface area contributed by atoms with Gasteiger partial charge in [0, 0.05) is 5.54 Å². The summed E-state index contributed by atoms with van der Waals surface area (Å²) in [5.74, 6) is 0. The number of hydrogen-bond donors (Lipinski definition) is 1. The molecule has 54 valence electrons. The second kappa shape index (κ2) is 2.27. The van der Waals surface area contributed by atoms with E-state index in [0.29, 0.717) is 6.10 Å². The summed E-state index contributed by atoms with van der Waals surface area (Å²) in [5, 5.41) is 3.23. The molecular weight excluding hydrogens is 114 g/mol. The number of epoxide rings is 1. The first kappa shape index (κ1) is 7.03. The Hall–Kier alpha value is -0.0800. The average Bonchev–Trinajstić information content (AvgIpc) is 2.50. The summed E-state index contributed by atoms with van der Waals surface area (Å²) in [6.45, 7) is 5.34. The summed E-state index contributed by atoms with van der Waals surface area (Å²) < 4.78 is 5.11. The van der Waals surface area contributed by atoms with E-state index >= 15 is 0 Å². The summed E-state index contributed by atoms with van der Waals surface area (Å²) in [6.07, 6.45) is 1.66. The van der Waals surface area contributed by atoms with Gasteiger partial charge in [-0.25, -0.2) is 0 Å². The fraction of sp³-hybridized carbons (Fsp3) is 1.00. The largest absolute Gasteiger partial charge is 0.373 e. The van der Waals surface area contributed by atoms with E-state index < -0.39 is 0 Å². The van der Waals surface area contributed by atoms with Gasteiger partial charge in [-0.05, 0) is 27.3 Å². The van der Waals surface area contributed by atoms with Crippen LogP contribution in [0.5, 0.6) is 0 Å². The van der Waals surface area contributed by atoms with Crippen molar-refractivity contribution in [2.45, 2.75) is 31.9 Å². The van der Waals surface area contributed by atoms with Crippen molar-refractivity contribution in [2.24, 2.45) is 0 Å². The predicted octanol–water partition coefficient (Wildman–Crippen LogP) is 0.773. The third-order valence-electron chi connectivity index (χ3n) is 1.82. The Kier molecular flexibility index (Phi) is 1.78. The van der Waals surface area contributed by atoms with Gasteiger partial charge in [-0.2, -0.15) is 0 Å². The highest BCUT2D eigenvalue weighted by Crippen LogP contribution is 2.21. The molecule has 0 bridgehead atoms. The van der Waals surface area contributed by atoms with Crippen LogP contribution in [0, 0.1) is 0 Å². The summed E-state index contributed by atoms with van der Waals surface area (Å²) in [7, 11) is 1.99. The minimum absolute atomic E-state index is 0.251. The van der Waals surface area contributed by atoms with Gasteiger partial charge in [-0.3, -0.25) is 0 Å². The molecule has 2 heteroatoms. The van der Waals surface area contributed by atoms with Gasteiger partial charge < -0.3 is 10.1 Å². The Balaban J connectivity index is 2.21. The van der Waals surface area contributed by atoms with Crippen molar-refractivity contribution in [3.05, 3.63) is 0 Å². The highest BCUT2D eigenvalue weighted by molar-refractivity contribution is 4.84. The van der Waals surface area contributed by atoms with Gasteiger partial charge in [0.15, 0.2) is 0 Å². The Bertz CT molecular complexity index is 97.1. The summed E-state index contributed by atoms with van der Waals surface area (Å²) in [4.78, 5) is 0. The maximum Gasteiger partial charge on any atom is 0.0827 e. The molecule has 0 aromatic rings. The molecule has 0 spiro atoms. The molecule has 1 rings (SSSR count). The number of ether oxygens (including phenoxy) is 1. The molecule has 1 aliphatic rings. The highest BCUT2D eigenvalue weighted by atomic mass is 16.6. The van der Waals surface area contributed by atoms with E-state index in [2.05, 4.69) is 19.2 Å². The van der Waals surface area contributed by atoms with E-state index in [1.807, 2.05) is 7.05 Å². The normalized spacial score (nSPS) is 26.3. The SMILES string of the molecule is CNC(C)(C)CC1CO1. The molecule has 1 atom stereocenters. The fourth-order valence-electron chi connectivity index (χ4n) is 0.857. The molecule has 0 aromatic heterocycles. The molecule has 9 heavy (non-hydrogen) atoms. The third-order valence-corrected chi connectivity index (χ3v) is 1.82. The lowest BCUT2D eigenvalue weighted by molar-refractivity contribution is 0.315. The molecule has 1 aliphatic heterocycles. The molecule has 0 aliphatic carbocycles. The van der Waals surface area contributed by atoms with Gasteiger partial charge >= 0.3 is 0 Å². The molecule has 0 saturated carbocycles. The Morgan fingerprint density at radius 3 is 2.56 bits per heavy atom. The molecule has 1 unspecified atom stereocenters. The summed E-state index contributed by atoms with van der Waals surface area (Å²) in [5.41, 5.74) is 0.251. The van der Waals surface area contributed by atoms with E-state index in [0.717, 1.165) is 13.0 Å². The molecule has 1 N–H and O–H groups in total. The first-order valence-corrected chi connectivity index (χ1v) is 3.44. The van der Waals surface area contributed by atoms with Crippen LogP contribution in [0.4, 0.5) is 0 Å². The maximum absolute atomic E-state index is 5.11. The molecular formula is C7H15NO. The summed E-state index contributed by atoms with van der Waals surface area (Å²) >= 11 is 0. The number of rotatable bonds is 3. The monoisotopic (exact) mass is 129 g/mol. The van der Waals surface area contributed by atoms with Crippen LogP contribution in [0.3, 0.4) is 0 Å². The molecule has 0 amide bonds. The number of hydrogen-bond acceptors (Lipinski definition) is 2. The van der Waals surface area contributed by atoms with Gasteiger partial charge in [0.2, 0.25) is 0 Å². The van der Waals surface area contributed by atoms with E-state index in [1.165, 1.54) is 0 Å². The van der Waals surface area contributed by atoms with Crippen molar-refractivity contribution in [2.75, 3.05) is 13.7 Å². The first-order valence-electron chi connectivity index (χ1n) is 3.44. The van der Waals surface area contributed by atoms with E-state index in [4.69, 9.17) is 4.74 Å². The van der Waals surface area contributed by atoms with Crippen LogP contribution >= 0.6 is 0 Å². The van der Waals surface area contributed by atoms with Crippen molar-refractivity contribution in [1.82, 2.24) is 5.32 Å². The van der Waals surface area contributed by atoms with Crippen molar-refractivity contribution in [1.29, 1.82) is 0 Å². The minimum atomic E-state index is 0.251. The molecule has 1 saturated heterocycles. The first-order chi connectivity index (χ1) is 4.14. The van der Waals surface area contributed by atoms with Crippen LogP contribution in [-0.2, 0) is 4.74 Å². The lowest BCUT2D eigenvalue weighted by atomic mass is 9.99. The second-order valence-electron chi connectivity index (χ2n) is 3.29. The standard InChI is InChI=1S/C7H15NO/c1-7(2,8-3)4-6-5-9-6/h6,8H,4-5H2,1-3H3. The third kappa shape index (κ3) is 2.33. The zero-order valence-corrected chi connectivity index (χ0v) is 6.40. The van der Waals surface area contributed by atoms with E-state index in [1.54, 1.807) is 0 Å². The predicted molar refractivity (Wildman–Crippen MR) is 37.5 cm³/mol. The fourth-order valence-corrected chi connectivity index (χ4v) is 0.857. The Morgan fingerprint density at radius 1 is 1.67 bits per heavy atom. The summed E-state index contributed by atoms with van der Waals surface area (Å²) in [6, 6.07) is 0. The van der Waals surface area contributed by atoms with Crippen LogP contribution in [0.2, 0.25) is 0 Å². The van der Waals surface area contributed by atoms with Gasteiger partial charge in [-0.1, -0.05) is 0 Å². The van der Waals surface area contributed by atoms with E-state index in [9.17, 15) is 0 Å². The lowest BCUT2D eigenvalue weighted by Crippen LogP contribution is -2.37. The van der Waals surface area contributed by atoms with Crippen LogP contribution < -0.4 is 5.32 Å². The van der Waals surface area contributed by atoms with Gasteiger partial charge in [0.1, 0.15) is 0 Å². The van der Waals surface area contributed by atoms with Crippen molar-refractivity contribution < 1.29 is 4.74 Å². The van der Waals surface area contributed by atoms with Crippen LogP contribution in [-0.4, -0.2) is 25.3 Å². The smallest absolute Gasteiger partial charge is 0.0827 e. The topological polar surface area (TPSA) is 24.6 Å². The zero-order chi connectivity index (χ0) is 6.91. The van der Waals surface area contributed by atoms with Crippen molar-refractivity contribution in [3.8, 4) is 0 Å². The van der Waals surface area contributed by atoms with Crippen LogP contribution in [0.15, 0.2) is 0 Å². The highest BCUT2D eigenvalue weighted by Gasteiger charge is 2.29. The van der Waals surface area contributed by atoms with Gasteiger partial charge in [-0.15, -0.1) is 0 Å². The average molecular weight is 129 g/mol. The molecule has 1 heterocycles. The van der Waals surface area contributed by atoms with Gasteiger partial charge in [0.05, 0.1) is 12.7 Å². The Labute approximate surface area is 56.6 Å². The Morgan fingerprint density at radius 2 is 2.22 bits per heavy atom. The minimum Gasteiger partial charge on any atom is -0.373 e. The van der Waals surface area contributed by atoms with Crippen molar-refractivity contribution >= 4 is 0 Å². The molecule has 0 aromatic carbocycles. The van der Waals surface area contributed by atoms with Gasteiger partial charge in [0.25, 0.3) is 0 Å². The van der Waals surface area contributed by atoms with Crippen molar-refractivity contribution in [3.63, 3.8) is 0 Å². The second-order valence-corrected chi connectivity index (χ2v) is 3.29. The molecule has 0 radical (unpaired) electrons. The van der Waals surface area contributed by atoms with Crippen LogP contribution in [0.25, 0.3) is 0 Å². The van der Waals surface area contributed by atoms with E-state index in [-0.39, 0.29) is 5.54 Å². The molecule has 1 fully saturated rings. The zero-order valence-electron chi connectivity index (χ0n) is 6.40. The van der Waals surface area contributed by atoms with Crippen LogP contribution in [0.1, 0.15) is 20.3 Å². The quantitative estimate of drug-likeness (QED) is 0.569. The maximum atomic E-state index is 5.11. The lowest BCUT2D eigenvalue weighted by Gasteiger charge is -2.22. The number of nitrogens with one attached hydrogen (secondary N) is 1. The molecule has 2 nitrogen and oxygen atoms in total.